The molecule has 0 bridgehead atoms. The predicted molar refractivity (Wildman–Crippen MR) is 82.0 cm³/mol. The molecule has 1 heterocycles. The fourth-order valence-electron chi connectivity index (χ4n) is 2.06. The number of carbonyl (C=O) groups is 2. The summed E-state index contributed by atoms with van der Waals surface area (Å²) in [7, 11) is 0. The van der Waals surface area contributed by atoms with Crippen LogP contribution >= 0.6 is 11.8 Å². The Hall–Kier alpha value is -0.910. The molecule has 1 atom stereocenters. The molecule has 116 valence electrons. The maximum Gasteiger partial charge on any atom is 0.409 e. The fraction of sp³-hybridized carbons (Fsp3) is 0.857. The first kappa shape index (κ1) is 17.1. The number of hydrogen-bond acceptors (Lipinski definition) is 4. The van der Waals surface area contributed by atoms with E-state index in [9.17, 15) is 9.59 Å². The van der Waals surface area contributed by atoms with Gasteiger partial charge in [0.1, 0.15) is 0 Å². The molecule has 1 saturated heterocycles. The molecule has 1 aliphatic rings. The van der Waals surface area contributed by atoms with Crippen molar-refractivity contribution in [2.24, 2.45) is 0 Å². The molecule has 1 unspecified atom stereocenters. The molecule has 0 radical (unpaired) electrons. The lowest BCUT2D eigenvalue weighted by atomic mass is 10.3. The van der Waals surface area contributed by atoms with E-state index in [4.69, 9.17) is 4.74 Å². The Morgan fingerprint density at radius 1 is 1.15 bits per heavy atom. The van der Waals surface area contributed by atoms with Crippen molar-refractivity contribution >= 4 is 23.8 Å². The molecule has 0 aliphatic carbocycles. The molecule has 2 amide bonds. The van der Waals surface area contributed by atoms with Gasteiger partial charge in [0.25, 0.3) is 0 Å². The standard InChI is InChI=1S/C14H26N2O3S/c1-4-6-11-20-12(3)13(17)15-7-9-16(10-8-15)14(18)19-5-2/h12H,4-11H2,1-3H3. The number of amides is 2. The molecular weight excluding hydrogens is 276 g/mol. The van der Waals surface area contributed by atoms with Crippen LogP contribution in [0.3, 0.4) is 0 Å². The molecule has 0 spiro atoms. The molecule has 0 aromatic rings. The lowest BCUT2D eigenvalue weighted by Gasteiger charge is -2.35. The van der Waals surface area contributed by atoms with Gasteiger partial charge in [-0.3, -0.25) is 4.79 Å². The van der Waals surface area contributed by atoms with Crippen molar-refractivity contribution < 1.29 is 14.3 Å². The summed E-state index contributed by atoms with van der Waals surface area (Å²) in [5.41, 5.74) is 0. The van der Waals surface area contributed by atoms with Gasteiger partial charge in [-0.25, -0.2) is 4.79 Å². The van der Waals surface area contributed by atoms with Crippen LogP contribution in [0, 0.1) is 0 Å². The largest absolute Gasteiger partial charge is 0.450 e. The summed E-state index contributed by atoms with van der Waals surface area (Å²) >= 11 is 1.72. The van der Waals surface area contributed by atoms with Gasteiger partial charge in [0.05, 0.1) is 11.9 Å². The van der Waals surface area contributed by atoms with Crippen LogP contribution in [0.5, 0.6) is 0 Å². The van der Waals surface area contributed by atoms with Gasteiger partial charge in [-0.15, -0.1) is 11.8 Å². The quantitative estimate of drug-likeness (QED) is 0.706. The Morgan fingerprint density at radius 2 is 1.75 bits per heavy atom. The third-order valence-electron chi connectivity index (χ3n) is 3.33. The zero-order valence-electron chi connectivity index (χ0n) is 12.8. The summed E-state index contributed by atoms with van der Waals surface area (Å²) < 4.78 is 4.97. The maximum atomic E-state index is 12.3. The summed E-state index contributed by atoms with van der Waals surface area (Å²) in [6, 6.07) is 0. The van der Waals surface area contributed by atoms with Crippen molar-refractivity contribution in [2.75, 3.05) is 38.5 Å². The average Bonchev–Trinajstić information content (AvgIpc) is 2.47. The molecule has 20 heavy (non-hydrogen) atoms. The van der Waals surface area contributed by atoms with Gasteiger partial charge in [-0.1, -0.05) is 13.3 Å². The van der Waals surface area contributed by atoms with E-state index in [1.165, 1.54) is 0 Å². The molecule has 0 saturated carbocycles. The number of piperazine rings is 1. The highest BCUT2D eigenvalue weighted by Gasteiger charge is 2.27. The van der Waals surface area contributed by atoms with Crippen molar-refractivity contribution in [1.29, 1.82) is 0 Å². The number of carbonyl (C=O) groups excluding carboxylic acids is 2. The molecule has 1 rings (SSSR count). The van der Waals surface area contributed by atoms with E-state index in [0.29, 0.717) is 32.8 Å². The normalized spacial score (nSPS) is 16.9. The number of unbranched alkanes of at least 4 members (excludes halogenated alkanes) is 1. The zero-order chi connectivity index (χ0) is 15.0. The van der Waals surface area contributed by atoms with Gasteiger partial charge in [0.15, 0.2) is 0 Å². The molecule has 0 aromatic heterocycles. The highest BCUT2D eigenvalue weighted by Crippen LogP contribution is 2.16. The van der Waals surface area contributed by atoms with E-state index in [2.05, 4.69) is 6.92 Å². The number of nitrogens with zero attached hydrogens (tertiary/aromatic N) is 2. The minimum absolute atomic E-state index is 0.00990. The van der Waals surface area contributed by atoms with Crippen molar-refractivity contribution in [2.45, 2.75) is 38.9 Å². The second-order valence-electron chi connectivity index (χ2n) is 4.88. The lowest BCUT2D eigenvalue weighted by molar-refractivity contribution is -0.131. The lowest BCUT2D eigenvalue weighted by Crippen LogP contribution is -2.52. The first-order valence-corrected chi connectivity index (χ1v) is 8.47. The van der Waals surface area contributed by atoms with Gasteiger partial charge in [0, 0.05) is 26.2 Å². The smallest absolute Gasteiger partial charge is 0.409 e. The molecule has 1 fully saturated rings. The average molecular weight is 302 g/mol. The van der Waals surface area contributed by atoms with Crippen molar-refractivity contribution in [1.82, 2.24) is 9.80 Å². The Kier molecular flexibility index (Phi) is 7.80. The van der Waals surface area contributed by atoms with Crippen molar-refractivity contribution in [3.05, 3.63) is 0 Å². The summed E-state index contributed by atoms with van der Waals surface area (Å²) in [6.07, 6.45) is 2.04. The van der Waals surface area contributed by atoms with E-state index < -0.39 is 0 Å². The van der Waals surface area contributed by atoms with Crippen molar-refractivity contribution in [3.8, 4) is 0 Å². The Balaban J connectivity index is 2.33. The predicted octanol–water partition coefficient (Wildman–Crippen LogP) is 2.21. The summed E-state index contributed by atoms with van der Waals surface area (Å²) in [6.45, 7) is 8.67. The summed E-state index contributed by atoms with van der Waals surface area (Å²) in [5.74, 6) is 1.22. The van der Waals surface area contributed by atoms with Crippen LogP contribution in [0.1, 0.15) is 33.6 Å². The van der Waals surface area contributed by atoms with E-state index in [1.54, 1.807) is 23.6 Å². The van der Waals surface area contributed by atoms with Crippen LogP contribution in [0.15, 0.2) is 0 Å². The third kappa shape index (κ3) is 5.23. The van der Waals surface area contributed by atoms with Gasteiger partial charge in [-0.2, -0.15) is 0 Å². The third-order valence-corrected chi connectivity index (χ3v) is 4.56. The number of hydrogen-bond donors (Lipinski definition) is 0. The highest BCUT2D eigenvalue weighted by atomic mass is 32.2. The second-order valence-corrected chi connectivity index (χ2v) is 6.33. The van der Waals surface area contributed by atoms with E-state index in [1.807, 2.05) is 11.8 Å². The minimum atomic E-state index is -0.273. The van der Waals surface area contributed by atoms with E-state index in [0.717, 1.165) is 18.6 Å². The van der Waals surface area contributed by atoms with Gasteiger partial charge < -0.3 is 14.5 Å². The summed E-state index contributed by atoms with van der Waals surface area (Å²) in [5, 5.41) is 0.00990. The van der Waals surface area contributed by atoms with E-state index in [-0.39, 0.29) is 17.3 Å². The molecular formula is C14H26N2O3S. The Morgan fingerprint density at radius 3 is 2.30 bits per heavy atom. The van der Waals surface area contributed by atoms with Crippen molar-refractivity contribution in [3.63, 3.8) is 0 Å². The second kappa shape index (κ2) is 9.10. The van der Waals surface area contributed by atoms with Crippen LogP contribution in [0.4, 0.5) is 4.79 Å². The van der Waals surface area contributed by atoms with Gasteiger partial charge >= 0.3 is 6.09 Å². The summed E-state index contributed by atoms with van der Waals surface area (Å²) in [4.78, 5) is 27.4. The van der Waals surface area contributed by atoms with Crippen LogP contribution in [0.25, 0.3) is 0 Å². The Bertz CT molecular complexity index is 318. The maximum absolute atomic E-state index is 12.3. The van der Waals surface area contributed by atoms with Gasteiger partial charge in [-0.05, 0) is 26.0 Å². The van der Waals surface area contributed by atoms with Crippen LogP contribution in [-0.4, -0.2) is 65.6 Å². The number of ether oxygens (including phenoxy) is 1. The minimum Gasteiger partial charge on any atom is -0.450 e. The fourth-order valence-corrected chi connectivity index (χ4v) is 3.16. The Labute approximate surface area is 126 Å². The topological polar surface area (TPSA) is 49.9 Å². The highest BCUT2D eigenvalue weighted by molar-refractivity contribution is 8.00. The molecule has 0 N–H and O–H groups in total. The number of rotatable bonds is 6. The number of thioether (sulfide) groups is 1. The van der Waals surface area contributed by atoms with Crippen LogP contribution in [-0.2, 0) is 9.53 Å². The van der Waals surface area contributed by atoms with Gasteiger partial charge in [0.2, 0.25) is 5.91 Å². The molecule has 0 aromatic carbocycles. The molecule has 6 heteroatoms. The zero-order valence-corrected chi connectivity index (χ0v) is 13.6. The monoisotopic (exact) mass is 302 g/mol. The van der Waals surface area contributed by atoms with E-state index >= 15 is 0 Å². The first-order chi connectivity index (χ1) is 9.60. The van der Waals surface area contributed by atoms with Crippen LogP contribution in [0.2, 0.25) is 0 Å². The SMILES string of the molecule is CCCCSC(C)C(=O)N1CCN(C(=O)OCC)CC1. The first-order valence-electron chi connectivity index (χ1n) is 7.42. The molecule has 1 aliphatic heterocycles. The molecule has 5 nitrogen and oxygen atoms in total. The van der Waals surface area contributed by atoms with Crippen LogP contribution < -0.4 is 0 Å².